The molecule has 0 saturated heterocycles. The molecule has 0 aromatic carbocycles. The van der Waals surface area contributed by atoms with Gasteiger partial charge in [-0.1, -0.05) is 207 Å². The molecule has 44 heavy (non-hydrogen) atoms. The lowest BCUT2D eigenvalue weighted by Gasteiger charge is -2.43. The largest absolute Gasteiger partial charge is 0.387 e. The van der Waals surface area contributed by atoms with E-state index in [2.05, 4.69) is 27.7 Å². The van der Waals surface area contributed by atoms with Crippen molar-refractivity contribution in [1.82, 2.24) is 0 Å². The molecule has 0 radical (unpaired) electrons. The number of rotatable bonds is 35. The maximum Gasteiger partial charge on any atom is 0.111 e. The van der Waals surface area contributed by atoms with Crippen molar-refractivity contribution in [2.45, 2.75) is 257 Å². The first-order chi connectivity index (χ1) is 21.3. The highest BCUT2D eigenvalue weighted by Gasteiger charge is 2.47. The van der Waals surface area contributed by atoms with Crippen molar-refractivity contribution < 1.29 is 20.4 Å². The molecule has 0 heterocycles. The van der Waals surface area contributed by atoms with Crippen molar-refractivity contribution in [2.24, 2.45) is 0 Å². The van der Waals surface area contributed by atoms with Gasteiger partial charge in [0.1, 0.15) is 12.2 Å². The predicted molar refractivity (Wildman–Crippen MR) is 192 cm³/mol. The van der Waals surface area contributed by atoms with Crippen LogP contribution < -0.4 is 0 Å². The third kappa shape index (κ3) is 22.4. The van der Waals surface area contributed by atoms with Crippen molar-refractivity contribution >= 4 is 0 Å². The molecule has 266 valence electrons. The Balaban J connectivity index is 5.35. The molecule has 0 rings (SSSR count). The van der Waals surface area contributed by atoms with E-state index in [9.17, 15) is 20.4 Å². The van der Waals surface area contributed by atoms with Crippen LogP contribution in [0.25, 0.3) is 0 Å². The summed E-state index contributed by atoms with van der Waals surface area (Å²) in [5.41, 5.74) is -2.69. The summed E-state index contributed by atoms with van der Waals surface area (Å²) in [6.45, 7) is 8.94. The predicted octanol–water partition coefficient (Wildman–Crippen LogP) is 11.7. The van der Waals surface area contributed by atoms with Gasteiger partial charge in [-0.2, -0.15) is 0 Å². The average molecular weight is 627 g/mol. The molecule has 0 aromatic rings. The Morgan fingerprint density at radius 2 is 0.455 bits per heavy atom. The lowest BCUT2D eigenvalue weighted by molar-refractivity contribution is -0.194. The van der Waals surface area contributed by atoms with E-state index in [0.717, 1.165) is 77.0 Å². The highest BCUT2D eigenvalue weighted by Crippen LogP contribution is 2.35. The first-order valence-corrected chi connectivity index (χ1v) is 20.1. The summed E-state index contributed by atoms with van der Waals surface area (Å²) in [5, 5.41) is 47.2. The molecule has 4 N–H and O–H groups in total. The zero-order valence-corrected chi connectivity index (χ0v) is 30.6. The van der Waals surface area contributed by atoms with Crippen LogP contribution in [0.5, 0.6) is 0 Å². The van der Waals surface area contributed by atoms with Gasteiger partial charge in [0.25, 0.3) is 0 Å². The lowest BCUT2D eigenvalue weighted by Crippen LogP contribution is -2.58. The van der Waals surface area contributed by atoms with Crippen LogP contribution in [0.2, 0.25) is 0 Å². The minimum absolute atomic E-state index is 0.500. The van der Waals surface area contributed by atoms with E-state index >= 15 is 0 Å². The van der Waals surface area contributed by atoms with Crippen LogP contribution in [-0.2, 0) is 0 Å². The van der Waals surface area contributed by atoms with Gasteiger partial charge in [-0.05, 0) is 25.7 Å². The number of hydrogen-bond donors (Lipinski definition) is 4. The van der Waals surface area contributed by atoms with E-state index in [1.807, 2.05) is 0 Å². The van der Waals surface area contributed by atoms with Crippen LogP contribution in [0.4, 0.5) is 0 Å². The van der Waals surface area contributed by atoms with Gasteiger partial charge in [0.2, 0.25) is 0 Å². The summed E-state index contributed by atoms with van der Waals surface area (Å²) in [4.78, 5) is 0. The summed E-state index contributed by atoms with van der Waals surface area (Å²) < 4.78 is 0. The fourth-order valence-electron chi connectivity index (χ4n) is 6.98. The van der Waals surface area contributed by atoms with E-state index in [1.165, 1.54) is 103 Å². The zero-order chi connectivity index (χ0) is 32.8. The van der Waals surface area contributed by atoms with Crippen LogP contribution in [0.3, 0.4) is 0 Å². The normalized spacial score (nSPS) is 13.9. The van der Waals surface area contributed by atoms with Crippen LogP contribution in [0.1, 0.15) is 233 Å². The zero-order valence-electron chi connectivity index (χ0n) is 30.6. The van der Waals surface area contributed by atoms with Gasteiger partial charge in [0, 0.05) is 0 Å². The topological polar surface area (TPSA) is 80.9 Å². The number of unbranched alkanes of at least 4 members (excludes halogenated alkanes) is 24. The van der Waals surface area contributed by atoms with E-state index in [4.69, 9.17) is 0 Å². The van der Waals surface area contributed by atoms with E-state index in [-0.39, 0.29) is 0 Å². The molecule has 0 bridgehead atoms. The van der Waals surface area contributed by atoms with Crippen LogP contribution >= 0.6 is 0 Å². The average Bonchev–Trinajstić information content (AvgIpc) is 3.02. The molecule has 4 nitrogen and oxygen atoms in total. The van der Waals surface area contributed by atoms with Crippen LogP contribution in [0, 0.1) is 0 Å². The molecule has 2 atom stereocenters. The first kappa shape index (κ1) is 43.8. The monoisotopic (exact) mass is 627 g/mol. The molecule has 0 fully saturated rings. The molecule has 0 aliphatic rings. The standard InChI is InChI=1S/C40H82O4/c1-5-9-13-17-21-25-29-33-39(43,34-30-26-22-18-14-10-6-2)37(41)38(42)40(44,35-31-27-23-19-15-11-7-3)36-32-28-24-20-16-12-8-4/h37-38,41-44H,5-36H2,1-4H3. The maximum absolute atomic E-state index is 12.0. The summed E-state index contributed by atoms with van der Waals surface area (Å²) in [6, 6.07) is 0. The Kier molecular flexibility index (Phi) is 30.1. The fourth-order valence-corrected chi connectivity index (χ4v) is 6.98. The van der Waals surface area contributed by atoms with Crippen molar-refractivity contribution in [1.29, 1.82) is 0 Å². The van der Waals surface area contributed by atoms with Gasteiger partial charge in [-0.3, -0.25) is 0 Å². The molecule has 0 saturated carbocycles. The molecular formula is C40H82O4. The van der Waals surface area contributed by atoms with E-state index < -0.39 is 23.4 Å². The summed E-state index contributed by atoms with van der Waals surface area (Å²) in [7, 11) is 0. The quantitative estimate of drug-likeness (QED) is 0.0528. The highest BCUT2D eigenvalue weighted by molar-refractivity contribution is 4.99. The molecule has 0 aromatic heterocycles. The van der Waals surface area contributed by atoms with Crippen molar-refractivity contribution in [2.75, 3.05) is 0 Å². The molecule has 2 unspecified atom stereocenters. The molecule has 4 heteroatoms. The van der Waals surface area contributed by atoms with Crippen LogP contribution in [-0.4, -0.2) is 43.8 Å². The molecule has 0 amide bonds. The van der Waals surface area contributed by atoms with Gasteiger partial charge < -0.3 is 20.4 Å². The van der Waals surface area contributed by atoms with E-state index in [1.54, 1.807) is 0 Å². The second kappa shape index (κ2) is 30.2. The Bertz CT molecular complexity index is 494. The third-order valence-corrected chi connectivity index (χ3v) is 10.3. The van der Waals surface area contributed by atoms with Crippen LogP contribution in [0.15, 0.2) is 0 Å². The van der Waals surface area contributed by atoms with Crippen molar-refractivity contribution in [3.05, 3.63) is 0 Å². The van der Waals surface area contributed by atoms with Crippen molar-refractivity contribution in [3.63, 3.8) is 0 Å². The molecule has 0 spiro atoms. The lowest BCUT2D eigenvalue weighted by atomic mass is 9.75. The first-order valence-electron chi connectivity index (χ1n) is 20.1. The second-order valence-electron chi connectivity index (χ2n) is 14.6. The summed E-state index contributed by atoms with van der Waals surface area (Å²) in [6.07, 6.45) is 31.7. The number of aliphatic hydroxyl groups excluding tert-OH is 2. The molecular weight excluding hydrogens is 544 g/mol. The van der Waals surface area contributed by atoms with Gasteiger partial charge in [0.05, 0.1) is 11.2 Å². The highest BCUT2D eigenvalue weighted by atomic mass is 16.4. The minimum Gasteiger partial charge on any atom is -0.387 e. The summed E-state index contributed by atoms with van der Waals surface area (Å²) >= 11 is 0. The van der Waals surface area contributed by atoms with Crippen molar-refractivity contribution in [3.8, 4) is 0 Å². The Morgan fingerprint density at radius 3 is 0.636 bits per heavy atom. The van der Waals surface area contributed by atoms with Gasteiger partial charge in [-0.15, -0.1) is 0 Å². The smallest absolute Gasteiger partial charge is 0.111 e. The van der Waals surface area contributed by atoms with Gasteiger partial charge in [-0.25, -0.2) is 0 Å². The van der Waals surface area contributed by atoms with Gasteiger partial charge in [0.15, 0.2) is 0 Å². The fraction of sp³-hybridized carbons (Fsp3) is 1.00. The Morgan fingerprint density at radius 1 is 0.295 bits per heavy atom. The molecule has 0 aliphatic heterocycles. The summed E-state index contributed by atoms with van der Waals surface area (Å²) in [5.74, 6) is 0. The van der Waals surface area contributed by atoms with Gasteiger partial charge >= 0.3 is 0 Å². The van der Waals surface area contributed by atoms with E-state index in [0.29, 0.717) is 25.7 Å². The number of hydrogen-bond acceptors (Lipinski definition) is 4. The number of aliphatic hydroxyl groups is 4. The third-order valence-electron chi connectivity index (χ3n) is 10.3. The SMILES string of the molecule is CCCCCCCCCC(O)(CCCCCCCCC)C(O)C(O)C(O)(CCCCCCCCC)CCCCCCCCC. The molecule has 0 aliphatic carbocycles. The Labute approximate surface area is 276 Å². The minimum atomic E-state index is -1.35. The maximum atomic E-state index is 12.0. The second-order valence-corrected chi connectivity index (χ2v) is 14.6. The Hall–Kier alpha value is -0.160.